The summed E-state index contributed by atoms with van der Waals surface area (Å²) < 4.78 is 0. The topological polar surface area (TPSA) is 35.5 Å². The van der Waals surface area contributed by atoms with Crippen molar-refractivity contribution in [1.29, 1.82) is 0 Å². The highest BCUT2D eigenvalue weighted by atomic mass is 16.3. The number of hydrogen-bond acceptors (Lipinski definition) is 3. The second-order valence-electron chi connectivity index (χ2n) is 7.18. The van der Waals surface area contributed by atoms with Crippen LogP contribution in [0, 0.1) is 0 Å². The third-order valence-electron chi connectivity index (χ3n) is 5.12. The molecule has 1 saturated carbocycles. The predicted octanol–water partition coefficient (Wildman–Crippen LogP) is 2.89. The summed E-state index contributed by atoms with van der Waals surface area (Å²) >= 11 is 0. The van der Waals surface area contributed by atoms with Crippen LogP contribution in [0.25, 0.3) is 0 Å². The Bertz CT molecular complexity index is 460. The maximum Gasteiger partial charge on any atom is 0.115 e. The van der Waals surface area contributed by atoms with Crippen molar-refractivity contribution in [2.24, 2.45) is 0 Å². The van der Waals surface area contributed by atoms with E-state index in [1.807, 2.05) is 12.1 Å². The quantitative estimate of drug-likeness (QED) is 0.870. The zero-order valence-electron chi connectivity index (χ0n) is 12.7. The molecule has 0 atom stereocenters. The fraction of sp³-hybridized carbons (Fsp3) is 0.647. The molecule has 0 unspecified atom stereocenters. The Labute approximate surface area is 122 Å². The fourth-order valence-electron chi connectivity index (χ4n) is 3.63. The van der Waals surface area contributed by atoms with E-state index in [0.29, 0.717) is 11.3 Å². The molecule has 0 aromatic heterocycles. The lowest BCUT2D eigenvalue weighted by Crippen LogP contribution is -2.66. The van der Waals surface area contributed by atoms with Gasteiger partial charge in [0.25, 0.3) is 0 Å². The Balaban J connectivity index is 1.76. The Morgan fingerprint density at radius 1 is 1.15 bits per heavy atom. The number of rotatable bonds is 2. The standard InChI is InChI=1S/C17H26N2O/c1-16(2)12-18-17(9-3-4-10-17)13-19(16)11-14-5-7-15(20)8-6-14/h5-8,18,20H,3-4,9-13H2,1-2H3. The average molecular weight is 274 g/mol. The summed E-state index contributed by atoms with van der Waals surface area (Å²) in [5.41, 5.74) is 1.82. The minimum Gasteiger partial charge on any atom is -0.508 e. The molecule has 1 aromatic carbocycles. The smallest absolute Gasteiger partial charge is 0.115 e. The Morgan fingerprint density at radius 3 is 2.45 bits per heavy atom. The van der Waals surface area contributed by atoms with Crippen LogP contribution in [0.5, 0.6) is 5.75 Å². The van der Waals surface area contributed by atoms with E-state index in [0.717, 1.165) is 19.6 Å². The van der Waals surface area contributed by atoms with E-state index in [-0.39, 0.29) is 5.54 Å². The van der Waals surface area contributed by atoms with Gasteiger partial charge in [0, 0.05) is 30.7 Å². The monoisotopic (exact) mass is 274 g/mol. The van der Waals surface area contributed by atoms with Crippen molar-refractivity contribution in [3.8, 4) is 5.75 Å². The summed E-state index contributed by atoms with van der Waals surface area (Å²) in [4.78, 5) is 2.61. The summed E-state index contributed by atoms with van der Waals surface area (Å²) in [6.45, 7) is 7.81. The zero-order chi connectivity index (χ0) is 14.2. The summed E-state index contributed by atoms with van der Waals surface area (Å²) in [5, 5.41) is 13.2. The van der Waals surface area contributed by atoms with Crippen molar-refractivity contribution in [2.45, 2.75) is 57.2 Å². The molecule has 1 saturated heterocycles. The first-order chi connectivity index (χ1) is 9.49. The van der Waals surface area contributed by atoms with E-state index in [1.165, 1.54) is 31.2 Å². The lowest BCUT2D eigenvalue weighted by atomic mass is 9.87. The number of nitrogens with one attached hydrogen (secondary N) is 1. The second-order valence-corrected chi connectivity index (χ2v) is 7.18. The molecule has 20 heavy (non-hydrogen) atoms. The van der Waals surface area contributed by atoms with Crippen LogP contribution in [0.1, 0.15) is 45.1 Å². The summed E-state index contributed by atoms with van der Waals surface area (Å²) in [5.74, 6) is 0.348. The average Bonchev–Trinajstić information content (AvgIpc) is 2.86. The number of phenols is 1. The normalized spacial score (nSPS) is 25.1. The number of phenolic OH excluding ortho intramolecular Hbond substituents is 1. The molecule has 1 aliphatic heterocycles. The molecule has 1 aromatic rings. The van der Waals surface area contributed by atoms with Gasteiger partial charge < -0.3 is 10.4 Å². The van der Waals surface area contributed by atoms with Gasteiger partial charge in [0.05, 0.1) is 0 Å². The highest BCUT2D eigenvalue weighted by molar-refractivity contribution is 5.26. The van der Waals surface area contributed by atoms with Crippen LogP contribution < -0.4 is 5.32 Å². The zero-order valence-corrected chi connectivity index (χ0v) is 12.7. The number of aromatic hydroxyl groups is 1. The highest BCUT2D eigenvalue weighted by Crippen LogP contribution is 2.36. The fourth-order valence-corrected chi connectivity index (χ4v) is 3.63. The molecule has 3 nitrogen and oxygen atoms in total. The third kappa shape index (κ3) is 2.70. The molecular weight excluding hydrogens is 248 g/mol. The van der Waals surface area contributed by atoms with E-state index < -0.39 is 0 Å². The predicted molar refractivity (Wildman–Crippen MR) is 81.8 cm³/mol. The van der Waals surface area contributed by atoms with E-state index in [9.17, 15) is 5.11 Å². The molecule has 0 bridgehead atoms. The Morgan fingerprint density at radius 2 is 1.80 bits per heavy atom. The minimum absolute atomic E-state index is 0.186. The van der Waals surface area contributed by atoms with Gasteiger partial charge >= 0.3 is 0 Å². The third-order valence-corrected chi connectivity index (χ3v) is 5.12. The Kier molecular flexibility index (Phi) is 3.51. The van der Waals surface area contributed by atoms with Gasteiger partial charge in [-0.25, -0.2) is 0 Å². The molecule has 2 N–H and O–H groups in total. The van der Waals surface area contributed by atoms with Gasteiger partial charge in [0.2, 0.25) is 0 Å². The number of nitrogens with zero attached hydrogens (tertiary/aromatic N) is 1. The molecule has 3 rings (SSSR count). The Hall–Kier alpha value is -1.06. The van der Waals surface area contributed by atoms with E-state index >= 15 is 0 Å². The molecule has 0 radical (unpaired) electrons. The summed E-state index contributed by atoms with van der Waals surface area (Å²) in [7, 11) is 0. The minimum atomic E-state index is 0.186. The van der Waals surface area contributed by atoms with Crippen molar-refractivity contribution < 1.29 is 5.11 Å². The second kappa shape index (κ2) is 5.05. The van der Waals surface area contributed by atoms with Gasteiger partial charge in [0.15, 0.2) is 0 Å². The molecule has 0 amide bonds. The van der Waals surface area contributed by atoms with Crippen LogP contribution in [0.15, 0.2) is 24.3 Å². The largest absolute Gasteiger partial charge is 0.508 e. The first-order valence-electron chi connectivity index (χ1n) is 7.77. The van der Waals surface area contributed by atoms with Crippen molar-refractivity contribution in [1.82, 2.24) is 10.2 Å². The van der Waals surface area contributed by atoms with Crippen LogP contribution in [-0.2, 0) is 6.54 Å². The van der Waals surface area contributed by atoms with Gasteiger partial charge in [-0.3, -0.25) is 4.90 Å². The van der Waals surface area contributed by atoms with Crippen LogP contribution in [-0.4, -0.2) is 34.2 Å². The van der Waals surface area contributed by atoms with Crippen molar-refractivity contribution in [2.75, 3.05) is 13.1 Å². The number of piperazine rings is 1. The van der Waals surface area contributed by atoms with Gasteiger partial charge in [-0.05, 0) is 44.4 Å². The van der Waals surface area contributed by atoms with Crippen molar-refractivity contribution in [3.05, 3.63) is 29.8 Å². The SMILES string of the molecule is CC1(C)CNC2(CCCC2)CN1Cc1ccc(O)cc1. The maximum atomic E-state index is 9.41. The first-order valence-corrected chi connectivity index (χ1v) is 7.77. The van der Waals surface area contributed by atoms with Gasteiger partial charge in [0.1, 0.15) is 5.75 Å². The van der Waals surface area contributed by atoms with Crippen molar-refractivity contribution in [3.63, 3.8) is 0 Å². The molecule has 1 heterocycles. The van der Waals surface area contributed by atoms with E-state index in [2.05, 4.69) is 24.1 Å². The van der Waals surface area contributed by atoms with Crippen LogP contribution in [0.3, 0.4) is 0 Å². The summed E-state index contributed by atoms with van der Waals surface area (Å²) in [6.07, 6.45) is 5.35. The lowest BCUT2D eigenvalue weighted by Gasteiger charge is -2.51. The summed E-state index contributed by atoms with van der Waals surface area (Å²) in [6, 6.07) is 7.65. The maximum absolute atomic E-state index is 9.41. The molecule has 2 fully saturated rings. The lowest BCUT2D eigenvalue weighted by molar-refractivity contribution is 0.0217. The molecule has 1 aliphatic carbocycles. The van der Waals surface area contributed by atoms with E-state index in [4.69, 9.17) is 0 Å². The van der Waals surface area contributed by atoms with Gasteiger partial charge in [-0.1, -0.05) is 25.0 Å². The van der Waals surface area contributed by atoms with Gasteiger partial charge in [-0.15, -0.1) is 0 Å². The molecule has 3 heteroatoms. The molecule has 2 aliphatic rings. The number of hydrogen-bond donors (Lipinski definition) is 2. The molecule has 110 valence electrons. The number of benzene rings is 1. The van der Waals surface area contributed by atoms with Gasteiger partial charge in [-0.2, -0.15) is 0 Å². The first kappa shape index (κ1) is 13.9. The molecular formula is C17H26N2O. The van der Waals surface area contributed by atoms with Crippen LogP contribution in [0.4, 0.5) is 0 Å². The highest BCUT2D eigenvalue weighted by Gasteiger charge is 2.43. The van der Waals surface area contributed by atoms with Crippen LogP contribution >= 0.6 is 0 Å². The van der Waals surface area contributed by atoms with Crippen molar-refractivity contribution >= 4 is 0 Å². The van der Waals surface area contributed by atoms with E-state index in [1.54, 1.807) is 12.1 Å². The molecule has 1 spiro atoms. The van der Waals surface area contributed by atoms with Crippen LogP contribution in [0.2, 0.25) is 0 Å².